The molecule has 0 heterocycles. The molecule has 0 N–H and O–H groups in total. The fraction of sp³-hybridized carbons (Fsp3) is 0. The van der Waals surface area contributed by atoms with Gasteiger partial charge in [0.15, 0.2) is 0 Å². The average Bonchev–Trinajstić information content (AvgIpc) is 1.00. The van der Waals surface area contributed by atoms with Crippen molar-refractivity contribution in [2.45, 2.75) is 0 Å². The molecule has 0 bridgehead atoms. The van der Waals surface area contributed by atoms with E-state index in [-0.39, 0.29) is 42.1 Å². The van der Waals surface area contributed by atoms with E-state index in [0.29, 0.717) is 0 Å². The van der Waals surface area contributed by atoms with Crippen molar-refractivity contribution in [3.8, 4) is 0 Å². The molecule has 0 aromatic rings. The van der Waals surface area contributed by atoms with Gasteiger partial charge in [-0.15, -0.1) is 0 Å². The first-order valence-corrected chi connectivity index (χ1v) is 0.289. The molecule has 28 valence electrons. The molecule has 4 heavy (non-hydrogen) atoms. The van der Waals surface area contributed by atoms with Gasteiger partial charge < -0.3 is 4.79 Å². The van der Waals surface area contributed by atoms with Gasteiger partial charge in [0.25, 0.3) is 0 Å². The standard InChI is InChI=1S/CH2O.Pt.W/c1-2;;/h1H2;;. The Morgan fingerprint density at radius 2 is 1.25 bits per heavy atom. The zero-order chi connectivity index (χ0) is 2.00. The second-order valence-electron chi connectivity index (χ2n) is 0. The second-order valence-corrected chi connectivity index (χ2v) is 0. The largest absolute Gasteiger partial charge is 0.307 e. The number of carbonyl (C=O) groups excluding carboxylic acids is 1. The summed E-state index contributed by atoms with van der Waals surface area (Å²) in [6.07, 6.45) is 0. The Morgan fingerprint density at radius 3 is 1.25 bits per heavy atom. The van der Waals surface area contributed by atoms with Crippen LogP contribution < -0.4 is 0 Å². The summed E-state index contributed by atoms with van der Waals surface area (Å²) in [5.74, 6) is 0. The van der Waals surface area contributed by atoms with Crippen LogP contribution in [-0.4, -0.2) is 6.79 Å². The topological polar surface area (TPSA) is 17.1 Å². The molecule has 1 nitrogen and oxygen atoms in total. The second kappa shape index (κ2) is 34.3. The monoisotopic (exact) mass is 409 g/mol. The number of hydrogen-bond acceptors (Lipinski definition) is 1. The van der Waals surface area contributed by atoms with E-state index in [1.807, 2.05) is 6.79 Å². The molecule has 0 amide bonds. The van der Waals surface area contributed by atoms with Gasteiger partial charge in [-0.3, -0.25) is 0 Å². The Hall–Kier alpha value is 1.05. The first-order valence-electron chi connectivity index (χ1n) is 0.289. The van der Waals surface area contributed by atoms with Gasteiger partial charge in [-0.1, -0.05) is 0 Å². The minimum absolute atomic E-state index is 0. The van der Waals surface area contributed by atoms with Crippen LogP contribution >= 0.6 is 0 Å². The molecule has 0 saturated heterocycles. The van der Waals surface area contributed by atoms with Gasteiger partial charge in [0, 0.05) is 42.1 Å². The van der Waals surface area contributed by atoms with E-state index in [1.165, 1.54) is 0 Å². The predicted octanol–water partition coefficient (Wildman–Crippen LogP) is -0.190. The van der Waals surface area contributed by atoms with E-state index in [1.54, 1.807) is 0 Å². The molecule has 0 aromatic carbocycles. The third-order valence-corrected chi connectivity index (χ3v) is 0. The minimum Gasteiger partial charge on any atom is -0.307 e. The van der Waals surface area contributed by atoms with Crippen molar-refractivity contribution in [2.75, 3.05) is 0 Å². The molecule has 0 aliphatic rings. The molecular formula is CH2OPtW. The van der Waals surface area contributed by atoms with Crippen molar-refractivity contribution in [1.29, 1.82) is 0 Å². The minimum atomic E-state index is 0. The van der Waals surface area contributed by atoms with Crippen molar-refractivity contribution in [1.82, 2.24) is 0 Å². The maximum atomic E-state index is 8.00. The molecule has 0 aliphatic heterocycles. The van der Waals surface area contributed by atoms with Gasteiger partial charge in [0.1, 0.15) is 6.79 Å². The molecule has 3 heteroatoms. The number of carbonyl (C=O) groups is 1. The van der Waals surface area contributed by atoms with E-state index in [0.717, 1.165) is 0 Å². The maximum Gasteiger partial charge on any atom is 0.106 e. The van der Waals surface area contributed by atoms with Crippen LogP contribution in [0, 0.1) is 0 Å². The molecule has 0 rings (SSSR count). The van der Waals surface area contributed by atoms with Gasteiger partial charge in [-0.05, 0) is 0 Å². The van der Waals surface area contributed by atoms with Crippen molar-refractivity contribution < 1.29 is 46.9 Å². The number of hydrogen-bond donors (Lipinski definition) is 0. The van der Waals surface area contributed by atoms with Gasteiger partial charge in [0.05, 0.1) is 0 Å². The van der Waals surface area contributed by atoms with Crippen molar-refractivity contribution >= 4 is 6.79 Å². The Balaban J connectivity index is -0.00000000500. The third-order valence-electron chi connectivity index (χ3n) is 0. The molecule has 0 radical (unpaired) electrons. The van der Waals surface area contributed by atoms with E-state index >= 15 is 0 Å². The first kappa shape index (κ1) is 19.7. The van der Waals surface area contributed by atoms with E-state index in [9.17, 15) is 0 Å². The van der Waals surface area contributed by atoms with E-state index in [4.69, 9.17) is 4.79 Å². The van der Waals surface area contributed by atoms with Crippen LogP contribution in [0.15, 0.2) is 0 Å². The van der Waals surface area contributed by atoms with Gasteiger partial charge in [-0.2, -0.15) is 0 Å². The summed E-state index contributed by atoms with van der Waals surface area (Å²) in [6, 6.07) is 0. The summed E-state index contributed by atoms with van der Waals surface area (Å²) >= 11 is 0. The van der Waals surface area contributed by atoms with Crippen LogP contribution in [-0.2, 0) is 46.9 Å². The normalized spacial score (nSPS) is 1.00. The summed E-state index contributed by atoms with van der Waals surface area (Å²) in [4.78, 5) is 8.00. The van der Waals surface area contributed by atoms with Crippen LogP contribution in [0.1, 0.15) is 0 Å². The number of rotatable bonds is 0. The van der Waals surface area contributed by atoms with Crippen LogP contribution in [0.3, 0.4) is 0 Å². The maximum absolute atomic E-state index is 8.00. The third kappa shape index (κ3) is 11.6. The fourth-order valence-corrected chi connectivity index (χ4v) is 0. The summed E-state index contributed by atoms with van der Waals surface area (Å²) in [5, 5.41) is 0. The Morgan fingerprint density at radius 1 is 1.25 bits per heavy atom. The zero-order valence-electron chi connectivity index (χ0n) is 1.84. The summed E-state index contributed by atoms with van der Waals surface area (Å²) < 4.78 is 0. The van der Waals surface area contributed by atoms with Crippen LogP contribution in [0.2, 0.25) is 0 Å². The predicted molar refractivity (Wildman–Crippen MR) is 7.12 cm³/mol. The van der Waals surface area contributed by atoms with Gasteiger partial charge in [-0.25, -0.2) is 0 Å². The Kier molecular flexibility index (Phi) is 169. The molecule has 0 unspecified atom stereocenters. The van der Waals surface area contributed by atoms with E-state index < -0.39 is 0 Å². The van der Waals surface area contributed by atoms with E-state index in [2.05, 4.69) is 0 Å². The smallest absolute Gasteiger partial charge is 0.106 e. The SMILES string of the molecule is C=O.[Pt].[W]. The van der Waals surface area contributed by atoms with Crippen LogP contribution in [0.5, 0.6) is 0 Å². The average molecular weight is 409 g/mol. The summed E-state index contributed by atoms with van der Waals surface area (Å²) in [5.41, 5.74) is 0. The van der Waals surface area contributed by atoms with Gasteiger partial charge >= 0.3 is 0 Å². The summed E-state index contributed by atoms with van der Waals surface area (Å²) in [6.45, 7) is 2.00. The Bertz CT molecular complexity index is 8.00. The summed E-state index contributed by atoms with van der Waals surface area (Å²) in [7, 11) is 0. The van der Waals surface area contributed by atoms with Crippen molar-refractivity contribution in [2.24, 2.45) is 0 Å². The van der Waals surface area contributed by atoms with Crippen molar-refractivity contribution in [3.63, 3.8) is 0 Å². The van der Waals surface area contributed by atoms with Crippen molar-refractivity contribution in [3.05, 3.63) is 0 Å². The molecule has 0 aliphatic carbocycles. The molecule has 0 spiro atoms. The zero-order valence-corrected chi connectivity index (χ0v) is 7.05. The Labute approximate surface area is 53.7 Å². The molecule has 0 fully saturated rings. The van der Waals surface area contributed by atoms with Gasteiger partial charge in [0.2, 0.25) is 0 Å². The quantitative estimate of drug-likeness (QED) is 0.543. The first-order chi connectivity index (χ1) is 1.00. The molecular weight excluding hydrogens is 407 g/mol. The molecule has 0 aromatic heterocycles. The fourth-order valence-electron chi connectivity index (χ4n) is 0. The van der Waals surface area contributed by atoms with Crippen LogP contribution in [0.4, 0.5) is 0 Å². The molecule has 0 saturated carbocycles. The molecule has 0 atom stereocenters. The van der Waals surface area contributed by atoms with Crippen LogP contribution in [0.25, 0.3) is 0 Å².